The number of nitrogens with zero attached hydrogens (tertiary/aromatic N) is 2. The normalized spacial score (nSPS) is 25.5. The van der Waals surface area contributed by atoms with E-state index in [-0.39, 0.29) is 11.2 Å². The van der Waals surface area contributed by atoms with Gasteiger partial charge in [-0.2, -0.15) is 0 Å². The fourth-order valence-electron chi connectivity index (χ4n) is 6.51. The summed E-state index contributed by atoms with van der Waals surface area (Å²) >= 11 is 0. The second-order valence-corrected chi connectivity index (χ2v) is 10.7. The van der Waals surface area contributed by atoms with Crippen molar-refractivity contribution in [3.63, 3.8) is 0 Å². The lowest BCUT2D eigenvalue weighted by molar-refractivity contribution is 0.0374. The molecule has 4 nitrogen and oxygen atoms in total. The fourth-order valence-corrected chi connectivity index (χ4v) is 6.51. The number of benzene rings is 2. The molecule has 0 unspecified atom stereocenters. The second-order valence-electron chi connectivity index (χ2n) is 10.7. The van der Waals surface area contributed by atoms with Gasteiger partial charge in [0.1, 0.15) is 0 Å². The van der Waals surface area contributed by atoms with Crippen LogP contribution in [0.15, 0.2) is 42.5 Å². The van der Waals surface area contributed by atoms with Crippen molar-refractivity contribution in [3.05, 3.63) is 64.8 Å². The summed E-state index contributed by atoms with van der Waals surface area (Å²) in [5, 5.41) is 1.03. The highest BCUT2D eigenvalue weighted by Gasteiger charge is 2.41. The van der Waals surface area contributed by atoms with Crippen LogP contribution in [0.25, 0.3) is 10.9 Å². The zero-order valence-electron chi connectivity index (χ0n) is 19.6. The van der Waals surface area contributed by atoms with Crippen LogP contribution in [0.5, 0.6) is 0 Å². The molecule has 4 heteroatoms. The Morgan fingerprint density at radius 3 is 2.41 bits per heavy atom. The van der Waals surface area contributed by atoms with Gasteiger partial charge in [-0.25, -0.2) is 0 Å². The van der Waals surface area contributed by atoms with Crippen molar-refractivity contribution in [1.29, 1.82) is 0 Å². The number of aromatic amines is 1. The monoisotopic (exact) mass is 427 g/mol. The molecule has 2 aliphatic carbocycles. The first-order valence-electron chi connectivity index (χ1n) is 12.2. The van der Waals surface area contributed by atoms with Gasteiger partial charge in [0.2, 0.25) is 0 Å². The largest absolute Gasteiger partial charge is 0.368 e. The van der Waals surface area contributed by atoms with Crippen LogP contribution >= 0.6 is 0 Å². The molecule has 1 aliphatic heterocycles. The predicted octanol–water partition coefficient (Wildman–Crippen LogP) is 5.49. The predicted molar refractivity (Wildman–Crippen MR) is 131 cm³/mol. The van der Waals surface area contributed by atoms with Gasteiger partial charge < -0.3 is 9.88 Å². The van der Waals surface area contributed by atoms with Crippen LogP contribution in [0, 0.1) is 0 Å². The molecule has 1 N–H and O–H groups in total. The second kappa shape index (κ2) is 6.95. The first-order chi connectivity index (χ1) is 15.4. The van der Waals surface area contributed by atoms with Gasteiger partial charge in [-0.15, -0.1) is 0 Å². The lowest BCUT2D eigenvalue weighted by Gasteiger charge is -2.51. The minimum absolute atomic E-state index is 0.148. The lowest BCUT2D eigenvalue weighted by Crippen LogP contribution is -2.61. The van der Waals surface area contributed by atoms with Gasteiger partial charge in [0.15, 0.2) is 5.78 Å². The standard InChI is InChI=1S/C28H33N3O/c1-17-15-30(16-18(2)31(17)19-8-7-9-19)20-12-13-21-23(14-20)28(3,4)27-25(26(21)32)22-10-5-6-11-24(22)29-27/h5-6,10-14,17-19,29H,7-9,15-16H2,1-4H3/t17-,18+. The summed E-state index contributed by atoms with van der Waals surface area (Å²) < 4.78 is 0. The number of piperazine rings is 1. The van der Waals surface area contributed by atoms with E-state index in [1.807, 2.05) is 12.1 Å². The third-order valence-corrected chi connectivity index (χ3v) is 8.33. The number of nitrogens with one attached hydrogen (secondary N) is 1. The molecule has 2 atom stereocenters. The molecule has 0 amide bonds. The van der Waals surface area contributed by atoms with Crippen molar-refractivity contribution in [3.8, 4) is 0 Å². The van der Waals surface area contributed by atoms with E-state index in [9.17, 15) is 4.79 Å². The third-order valence-electron chi connectivity index (χ3n) is 8.33. The fraction of sp³-hybridized carbons (Fsp3) is 0.464. The molecule has 2 aromatic carbocycles. The van der Waals surface area contributed by atoms with Crippen LogP contribution in [0.2, 0.25) is 0 Å². The Kier molecular flexibility index (Phi) is 4.36. The number of fused-ring (bicyclic) bond motifs is 4. The van der Waals surface area contributed by atoms with Crippen molar-refractivity contribution in [2.75, 3.05) is 18.0 Å². The number of H-pyrrole nitrogens is 1. The number of hydrogen-bond acceptors (Lipinski definition) is 3. The Labute approximate surface area is 190 Å². The summed E-state index contributed by atoms with van der Waals surface area (Å²) in [5.41, 5.74) is 5.93. The van der Waals surface area contributed by atoms with Crippen molar-refractivity contribution < 1.29 is 4.79 Å². The van der Waals surface area contributed by atoms with E-state index < -0.39 is 0 Å². The van der Waals surface area contributed by atoms with Gasteiger partial charge in [-0.3, -0.25) is 9.69 Å². The number of carbonyl (C=O) groups is 1. The van der Waals surface area contributed by atoms with Gasteiger partial charge in [0.25, 0.3) is 0 Å². The maximum Gasteiger partial charge on any atom is 0.195 e. The number of ketones is 1. The Morgan fingerprint density at radius 2 is 1.72 bits per heavy atom. The smallest absolute Gasteiger partial charge is 0.195 e. The van der Waals surface area contributed by atoms with E-state index in [0.29, 0.717) is 12.1 Å². The van der Waals surface area contributed by atoms with Crippen LogP contribution in [0.3, 0.4) is 0 Å². The highest BCUT2D eigenvalue weighted by molar-refractivity contribution is 6.20. The number of rotatable bonds is 2. The molecule has 0 radical (unpaired) electrons. The van der Waals surface area contributed by atoms with Crippen LogP contribution in [0.1, 0.15) is 74.1 Å². The minimum atomic E-state index is -0.251. The average molecular weight is 428 g/mol. The molecule has 1 aromatic heterocycles. The summed E-state index contributed by atoms with van der Waals surface area (Å²) in [5.74, 6) is 0.148. The summed E-state index contributed by atoms with van der Waals surface area (Å²) in [7, 11) is 0. The minimum Gasteiger partial charge on any atom is -0.368 e. The third kappa shape index (κ3) is 2.75. The molecule has 32 heavy (non-hydrogen) atoms. The van der Waals surface area contributed by atoms with E-state index in [2.05, 4.69) is 72.8 Å². The highest BCUT2D eigenvalue weighted by Crippen LogP contribution is 2.45. The lowest BCUT2D eigenvalue weighted by atomic mass is 9.71. The Morgan fingerprint density at radius 1 is 1.00 bits per heavy atom. The van der Waals surface area contributed by atoms with E-state index in [0.717, 1.165) is 52.4 Å². The molecule has 166 valence electrons. The molecule has 0 bridgehead atoms. The maximum atomic E-state index is 13.6. The molecule has 3 aliphatic rings. The van der Waals surface area contributed by atoms with Gasteiger partial charge in [0, 0.05) is 64.5 Å². The van der Waals surface area contributed by atoms with E-state index >= 15 is 0 Å². The number of carbonyl (C=O) groups excluding carboxylic acids is 1. The van der Waals surface area contributed by atoms with Gasteiger partial charge in [-0.05, 0) is 56.5 Å². The Balaban J connectivity index is 1.38. The number of hydrogen-bond donors (Lipinski definition) is 1. The zero-order chi connectivity index (χ0) is 22.2. The summed E-state index contributed by atoms with van der Waals surface area (Å²) in [6.07, 6.45) is 4.10. The number of anilines is 1. The summed E-state index contributed by atoms with van der Waals surface area (Å²) in [4.78, 5) is 22.4. The SMILES string of the molecule is C[C@@H]1CN(c2ccc3c(c2)C(C)(C)c2[nH]c4ccccc4c2C3=O)C[C@H](C)N1C1CCC1. The average Bonchev–Trinajstić information content (AvgIpc) is 3.14. The topological polar surface area (TPSA) is 39.3 Å². The molecule has 6 rings (SSSR count). The van der Waals surface area contributed by atoms with Gasteiger partial charge in [-0.1, -0.05) is 38.5 Å². The van der Waals surface area contributed by atoms with Crippen LogP contribution in [-0.2, 0) is 5.41 Å². The molecule has 2 fully saturated rings. The number of aromatic nitrogens is 1. The Bertz CT molecular complexity index is 1210. The summed E-state index contributed by atoms with van der Waals surface area (Å²) in [6.45, 7) is 11.3. The van der Waals surface area contributed by atoms with Crippen molar-refractivity contribution >= 4 is 22.4 Å². The van der Waals surface area contributed by atoms with E-state index in [1.54, 1.807) is 0 Å². The van der Waals surface area contributed by atoms with Gasteiger partial charge >= 0.3 is 0 Å². The van der Waals surface area contributed by atoms with E-state index in [1.165, 1.54) is 24.9 Å². The van der Waals surface area contributed by atoms with Crippen molar-refractivity contribution in [2.45, 2.75) is 70.5 Å². The maximum absolute atomic E-state index is 13.6. The summed E-state index contributed by atoms with van der Waals surface area (Å²) in [6, 6.07) is 16.6. The van der Waals surface area contributed by atoms with Gasteiger partial charge in [0.05, 0.1) is 5.56 Å². The molecular formula is C28H33N3O. The molecule has 0 spiro atoms. The van der Waals surface area contributed by atoms with Crippen LogP contribution in [-0.4, -0.2) is 46.9 Å². The molecule has 1 saturated heterocycles. The zero-order valence-corrected chi connectivity index (χ0v) is 19.6. The molecule has 3 aromatic rings. The molecule has 1 saturated carbocycles. The molecule has 2 heterocycles. The highest BCUT2D eigenvalue weighted by atomic mass is 16.1. The first kappa shape index (κ1) is 20.0. The Hall–Kier alpha value is -2.59. The quantitative estimate of drug-likeness (QED) is 0.588. The van der Waals surface area contributed by atoms with E-state index in [4.69, 9.17) is 0 Å². The van der Waals surface area contributed by atoms with Crippen molar-refractivity contribution in [1.82, 2.24) is 9.88 Å². The molecular weight excluding hydrogens is 394 g/mol. The van der Waals surface area contributed by atoms with Crippen molar-refractivity contribution in [2.24, 2.45) is 0 Å². The first-order valence-corrected chi connectivity index (χ1v) is 12.2. The van der Waals surface area contributed by atoms with Crippen LogP contribution < -0.4 is 4.90 Å². The van der Waals surface area contributed by atoms with Crippen LogP contribution in [0.4, 0.5) is 5.69 Å². The number of para-hydroxylation sites is 1.